The zero-order chi connectivity index (χ0) is 26.1. The highest BCUT2D eigenvalue weighted by Crippen LogP contribution is 2.33. The van der Waals surface area contributed by atoms with Gasteiger partial charge in [-0.2, -0.15) is 0 Å². The van der Waals surface area contributed by atoms with Gasteiger partial charge in [0.2, 0.25) is 0 Å². The van der Waals surface area contributed by atoms with Gasteiger partial charge in [-0.05, 0) is 63.7 Å². The number of fused-ring (bicyclic) bond motifs is 1. The van der Waals surface area contributed by atoms with Gasteiger partial charge in [0.25, 0.3) is 0 Å². The first-order valence-electron chi connectivity index (χ1n) is 13.4. The van der Waals surface area contributed by atoms with E-state index in [4.69, 9.17) is 14.7 Å². The Kier molecular flexibility index (Phi) is 8.30. The summed E-state index contributed by atoms with van der Waals surface area (Å²) in [6, 6.07) is 14.6. The predicted octanol–water partition coefficient (Wildman–Crippen LogP) is 6.04. The molecule has 1 aliphatic carbocycles. The zero-order valence-corrected chi connectivity index (χ0v) is 22.7. The molecular weight excluding hydrogens is 508 g/mol. The van der Waals surface area contributed by atoms with Gasteiger partial charge in [0.15, 0.2) is 5.13 Å². The van der Waals surface area contributed by atoms with Crippen LogP contribution in [0.4, 0.5) is 10.9 Å². The highest BCUT2D eigenvalue weighted by atomic mass is 32.1. The molecule has 2 N–H and O–H groups in total. The van der Waals surface area contributed by atoms with Gasteiger partial charge in [0.1, 0.15) is 17.3 Å². The second-order valence-corrected chi connectivity index (χ2v) is 11.5. The van der Waals surface area contributed by atoms with Crippen LogP contribution in [-0.4, -0.2) is 70.3 Å². The number of aliphatic hydroxyl groups is 1. The fourth-order valence-electron chi connectivity index (χ4n) is 5.33. The molecule has 3 aromatic heterocycles. The summed E-state index contributed by atoms with van der Waals surface area (Å²) < 4.78 is 7.25. The van der Waals surface area contributed by atoms with Gasteiger partial charge in [-0.3, -0.25) is 4.98 Å². The molecule has 2 fully saturated rings. The molecule has 3 atom stereocenters. The fraction of sp³-hybridized carbons (Fsp3) is 0.433. The van der Waals surface area contributed by atoms with Crippen LogP contribution in [0.5, 0.6) is 11.5 Å². The molecule has 9 heteroatoms. The molecule has 1 saturated carbocycles. The van der Waals surface area contributed by atoms with Crippen molar-refractivity contribution in [2.45, 2.75) is 57.7 Å². The molecule has 2 aliphatic rings. The highest BCUT2D eigenvalue weighted by Gasteiger charge is 2.25. The lowest BCUT2D eigenvalue weighted by Crippen LogP contribution is -2.36. The Labute approximate surface area is 234 Å². The van der Waals surface area contributed by atoms with Gasteiger partial charge < -0.3 is 25.0 Å². The molecule has 1 aliphatic heterocycles. The van der Waals surface area contributed by atoms with Crippen LogP contribution in [-0.2, 0) is 0 Å². The van der Waals surface area contributed by atoms with Crippen LogP contribution < -0.4 is 15.0 Å². The minimum atomic E-state index is -0.308. The number of aromatic nitrogens is 3. The highest BCUT2D eigenvalue weighted by molar-refractivity contribution is 7.22. The largest absolute Gasteiger partial charge is 0.457 e. The van der Waals surface area contributed by atoms with Gasteiger partial charge in [0.05, 0.1) is 28.1 Å². The zero-order valence-electron chi connectivity index (χ0n) is 21.9. The Morgan fingerprint density at radius 2 is 1.87 bits per heavy atom. The lowest BCUT2D eigenvalue weighted by Gasteiger charge is -2.27. The van der Waals surface area contributed by atoms with Crippen LogP contribution in [0.3, 0.4) is 0 Å². The second-order valence-electron chi connectivity index (χ2n) is 10.5. The minimum absolute atomic E-state index is 0. The number of hydrogen-bond acceptors (Lipinski definition) is 9. The van der Waals surface area contributed by atoms with Crippen LogP contribution >= 0.6 is 11.3 Å². The van der Waals surface area contributed by atoms with Crippen LogP contribution in [0.25, 0.3) is 21.5 Å². The van der Waals surface area contributed by atoms with E-state index in [2.05, 4.69) is 46.3 Å². The average Bonchev–Trinajstić information content (AvgIpc) is 3.58. The standard InChI is InChI=1S/C29H34N6O2S.CH4/c1-34(2)20-12-14-35(18-20)28-10-7-19(17-31-28)25-15-22(11-13-30-25)37-21-8-9-24-27(16-21)38-29(33-24)32-23-5-3-4-6-26(23)36;/h7-11,13,15-17,20,23,26,36H,3-6,12,14,18H2,1-2H3,(H,32,33);1H4/t20-,23-,26-;/m1./s1. The molecule has 206 valence electrons. The average molecular weight is 547 g/mol. The number of benzene rings is 1. The van der Waals surface area contributed by atoms with E-state index < -0.39 is 0 Å². The van der Waals surface area contributed by atoms with Crippen molar-refractivity contribution in [2.24, 2.45) is 0 Å². The molecule has 4 heterocycles. The smallest absolute Gasteiger partial charge is 0.184 e. The summed E-state index contributed by atoms with van der Waals surface area (Å²) in [5.41, 5.74) is 2.71. The Morgan fingerprint density at radius 1 is 1.03 bits per heavy atom. The van der Waals surface area contributed by atoms with Gasteiger partial charge in [0, 0.05) is 49.2 Å². The van der Waals surface area contributed by atoms with Crippen molar-refractivity contribution in [3.05, 3.63) is 54.9 Å². The van der Waals surface area contributed by atoms with E-state index in [0.29, 0.717) is 6.04 Å². The molecule has 1 aromatic carbocycles. The van der Waals surface area contributed by atoms with Crippen LogP contribution in [0.15, 0.2) is 54.9 Å². The third kappa shape index (κ3) is 6.16. The van der Waals surface area contributed by atoms with Crippen molar-refractivity contribution in [2.75, 3.05) is 37.4 Å². The molecule has 0 amide bonds. The Bertz CT molecular complexity index is 1390. The number of ether oxygens (including phenoxy) is 1. The van der Waals surface area contributed by atoms with Gasteiger partial charge >= 0.3 is 0 Å². The molecule has 1 saturated heterocycles. The van der Waals surface area contributed by atoms with Crippen molar-refractivity contribution >= 4 is 32.5 Å². The van der Waals surface area contributed by atoms with Crippen LogP contribution in [0, 0.1) is 0 Å². The monoisotopic (exact) mass is 546 g/mol. The molecule has 0 unspecified atom stereocenters. The summed E-state index contributed by atoms with van der Waals surface area (Å²) in [7, 11) is 4.28. The quantitative estimate of drug-likeness (QED) is 0.290. The number of likely N-dealkylation sites (N-methyl/N-ethyl adjacent to an activating group) is 1. The normalized spacial score (nSPS) is 21.2. The molecule has 0 radical (unpaired) electrons. The SMILES string of the molecule is C.CN(C)[C@@H]1CCN(c2ccc(-c3cc(Oc4ccc5nc(N[C@@H]6CCCC[C@H]6O)sc5c4)ccn3)cn2)C1. The summed E-state index contributed by atoms with van der Waals surface area (Å²) in [6.45, 7) is 2.03. The topological polar surface area (TPSA) is 86.6 Å². The van der Waals surface area contributed by atoms with Gasteiger partial charge in [-0.15, -0.1) is 0 Å². The summed E-state index contributed by atoms with van der Waals surface area (Å²) in [5, 5.41) is 14.6. The summed E-state index contributed by atoms with van der Waals surface area (Å²) in [4.78, 5) is 18.6. The number of thiazole rings is 1. The third-order valence-corrected chi connectivity index (χ3v) is 8.58. The van der Waals surface area contributed by atoms with Crippen molar-refractivity contribution in [1.82, 2.24) is 19.9 Å². The summed E-state index contributed by atoms with van der Waals surface area (Å²) in [6.07, 6.45) is 8.57. The number of nitrogens with one attached hydrogen (secondary N) is 1. The van der Waals surface area contributed by atoms with E-state index in [9.17, 15) is 5.11 Å². The molecule has 8 nitrogen and oxygen atoms in total. The maximum absolute atomic E-state index is 10.3. The van der Waals surface area contributed by atoms with Crippen molar-refractivity contribution < 1.29 is 9.84 Å². The summed E-state index contributed by atoms with van der Waals surface area (Å²) in [5.74, 6) is 2.48. The van der Waals surface area contributed by atoms with Crippen molar-refractivity contribution in [1.29, 1.82) is 0 Å². The molecule has 6 rings (SSSR count). The van der Waals surface area contributed by atoms with E-state index in [1.165, 1.54) is 0 Å². The first kappa shape index (κ1) is 27.3. The van der Waals surface area contributed by atoms with E-state index >= 15 is 0 Å². The van der Waals surface area contributed by atoms with Crippen molar-refractivity contribution in [3.63, 3.8) is 0 Å². The Morgan fingerprint density at radius 3 is 2.64 bits per heavy atom. The molecule has 39 heavy (non-hydrogen) atoms. The lowest BCUT2D eigenvalue weighted by molar-refractivity contribution is 0.116. The van der Waals surface area contributed by atoms with E-state index in [-0.39, 0.29) is 19.6 Å². The Balaban J connectivity index is 0.00000308. The second kappa shape index (κ2) is 11.9. The van der Waals surface area contributed by atoms with Gasteiger partial charge in [-0.1, -0.05) is 31.6 Å². The van der Waals surface area contributed by atoms with Crippen LogP contribution in [0.2, 0.25) is 0 Å². The number of hydrogen-bond donors (Lipinski definition) is 2. The Hall–Kier alpha value is -3.27. The van der Waals surface area contributed by atoms with Gasteiger partial charge in [-0.25, -0.2) is 9.97 Å². The lowest BCUT2D eigenvalue weighted by atomic mass is 9.93. The number of nitrogens with zero attached hydrogens (tertiary/aromatic N) is 5. The number of anilines is 2. The maximum Gasteiger partial charge on any atom is 0.184 e. The van der Waals surface area contributed by atoms with E-state index in [1.807, 2.05) is 36.5 Å². The molecule has 4 aromatic rings. The van der Waals surface area contributed by atoms with E-state index in [1.54, 1.807) is 17.5 Å². The number of aliphatic hydroxyl groups excluding tert-OH is 1. The first-order chi connectivity index (χ1) is 18.5. The van der Waals surface area contributed by atoms with E-state index in [0.717, 1.165) is 89.1 Å². The van der Waals surface area contributed by atoms with Crippen molar-refractivity contribution in [3.8, 4) is 22.8 Å². The summed E-state index contributed by atoms with van der Waals surface area (Å²) >= 11 is 1.59. The first-order valence-corrected chi connectivity index (χ1v) is 14.2. The fourth-order valence-corrected chi connectivity index (χ4v) is 6.29. The van der Waals surface area contributed by atoms with Crippen LogP contribution in [0.1, 0.15) is 39.5 Å². The predicted molar refractivity (Wildman–Crippen MR) is 160 cm³/mol. The maximum atomic E-state index is 10.3. The molecule has 0 bridgehead atoms. The minimum Gasteiger partial charge on any atom is -0.457 e. The number of pyridine rings is 2. The third-order valence-electron chi connectivity index (χ3n) is 7.63. The molecular formula is C30H38N6O2S. The number of rotatable bonds is 7. The molecule has 0 spiro atoms.